The average Bonchev–Trinajstić information content (AvgIpc) is 2.52. The van der Waals surface area contributed by atoms with E-state index in [2.05, 4.69) is 10.6 Å². The van der Waals surface area contributed by atoms with E-state index in [0.29, 0.717) is 6.42 Å². The molecule has 0 aliphatic heterocycles. The number of nitrogens with zero attached hydrogens (tertiary/aromatic N) is 1. The summed E-state index contributed by atoms with van der Waals surface area (Å²) < 4.78 is 24.4. The minimum atomic E-state index is -3.71. The first-order chi connectivity index (χ1) is 12.6. The largest absolute Gasteiger partial charge is 0.339 e. The molecule has 0 radical (unpaired) electrons. The summed E-state index contributed by atoms with van der Waals surface area (Å²) in [6.07, 6.45) is 9.76. The molecule has 0 saturated heterocycles. The van der Waals surface area contributed by atoms with E-state index >= 15 is 0 Å². The van der Waals surface area contributed by atoms with Crippen molar-refractivity contribution in [1.82, 2.24) is 14.9 Å². The molecule has 4 amide bonds. The third kappa shape index (κ3) is 4.41. The molecule has 0 aromatic rings. The molecule has 2 N–H and O–H groups in total. The molecule has 4 saturated carbocycles. The Kier molecular flexibility index (Phi) is 5.75. The van der Waals surface area contributed by atoms with E-state index in [-0.39, 0.29) is 18.0 Å². The molecule has 0 unspecified atom stereocenters. The van der Waals surface area contributed by atoms with Crippen LogP contribution in [0.5, 0.6) is 0 Å². The fourth-order valence-corrected chi connectivity index (χ4v) is 6.78. The maximum absolute atomic E-state index is 12.4. The average molecular weight is 400 g/mol. The van der Waals surface area contributed by atoms with Crippen LogP contribution in [0.3, 0.4) is 0 Å². The molecule has 27 heavy (non-hydrogen) atoms. The lowest BCUT2D eigenvalue weighted by Gasteiger charge is -2.59. The van der Waals surface area contributed by atoms with Crippen molar-refractivity contribution in [3.05, 3.63) is 0 Å². The summed E-state index contributed by atoms with van der Waals surface area (Å²) in [4.78, 5) is 24.7. The Hall–Kier alpha value is -1.31. The Bertz CT molecular complexity index is 656. The molecule has 8 heteroatoms. The van der Waals surface area contributed by atoms with Crippen LogP contribution in [0, 0.1) is 23.2 Å². The van der Waals surface area contributed by atoms with Crippen molar-refractivity contribution >= 4 is 22.1 Å². The lowest BCUT2D eigenvalue weighted by molar-refractivity contribution is -0.0681. The molecule has 4 aliphatic rings. The van der Waals surface area contributed by atoms with E-state index in [1.54, 1.807) is 0 Å². The van der Waals surface area contributed by atoms with Gasteiger partial charge in [0.1, 0.15) is 0 Å². The molecule has 1 atom stereocenters. The van der Waals surface area contributed by atoms with Gasteiger partial charge in [0.05, 0.1) is 6.26 Å². The van der Waals surface area contributed by atoms with Gasteiger partial charge in [0, 0.05) is 12.6 Å². The first-order valence-electron chi connectivity index (χ1n) is 10.2. The Balaban J connectivity index is 1.59. The van der Waals surface area contributed by atoms with E-state index in [0.717, 1.165) is 54.0 Å². The number of sulfonamides is 1. The van der Waals surface area contributed by atoms with Crippen LogP contribution in [-0.2, 0) is 10.0 Å². The number of carbonyl (C=O) groups excluding carboxylic acids is 2. The van der Waals surface area contributed by atoms with Crippen LogP contribution in [-0.4, -0.2) is 43.6 Å². The molecule has 7 nitrogen and oxygen atoms in total. The van der Waals surface area contributed by atoms with Crippen LogP contribution in [0.4, 0.5) is 9.59 Å². The second-order valence-electron chi connectivity index (χ2n) is 9.09. The lowest BCUT2D eigenvalue weighted by Crippen LogP contribution is -2.58. The predicted molar refractivity (Wildman–Crippen MR) is 104 cm³/mol. The zero-order valence-electron chi connectivity index (χ0n) is 16.7. The highest BCUT2D eigenvalue weighted by molar-refractivity contribution is 7.88. The normalized spacial score (nSPS) is 32.8. The van der Waals surface area contributed by atoms with Gasteiger partial charge in [-0.15, -0.1) is 0 Å². The van der Waals surface area contributed by atoms with Gasteiger partial charge in [0.15, 0.2) is 0 Å². The smallest absolute Gasteiger partial charge is 0.335 e. The van der Waals surface area contributed by atoms with Gasteiger partial charge < -0.3 is 5.32 Å². The summed E-state index contributed by atoms with van der Waals surface area (Å²) in [6.45, 7) is 4.03. The van der Waals surface area contributed by atoms with E-state index in [4.69, 9.17) is 0 Å². The minimum Gasteiger partial charge on any atom is -0.335 e. The van der Waals surface area contributed by atoms with Crippen LogP contribution in [0.25, 0.3) is 0 Å². The van der Waals surface area contributed by atoms with Crippen molar-refractivity contribution in [2.45, 2.75) is 71.3 Å². The second kappa shape index (κ2) is 7.60. The van der Waals surface area contributed by atoms with Gasteiger partial charge in [-0.1, -0.05) is 13.3 Å². The molecule has 154 valence electrons. The van der Waals surface area contributed by atoms with Gasteiger partial charge in [-0.25, -0.2) is 22.3 Å². The standard InChI is InChI=1S/C19H33N3O4S/c1-4-5-6-22(27(3,25)26)18(24)21-17(23)20-13(2)19-10-14-7-15(11-19)9-16(8-14)12-19/h13-16H,4-12H2,1-3H3,(H2,20,21,23,24)/t13-,14?,15?,16?,19?/m1/s1. The molecular weight excluding hydrogens is 366 g/mol. The summed E-state index contributed by atoms with van der Waals surface area (Å²) >= 11 is 0. The molecule has 0 spiro atoms. The Morgan fingerprint density at radius 3 is 2.07 bits per heavy atom. The Labute approximate surface area is 162 Å². The van der Waals surface area contributed by atoms with E-state index in [1.165, 1.54) is 19.3 Å². The second-order valence-corrected chi connectivity index (χ2v) is 11.0. The fraction of sp³-hybridized carbons (Fsp3) is 0.895. The van der Waals surface area contributed by atoms with Gasteiger partial charge >= 0.3 is 12.1 Å². The summed E-state index contributed by atoms with van der Waals surface area (Å²) in [6, 6.07) is -1.50. The molecule has 0 heterocycles. The zero-order chi connectivity index (χ0) is 19.8. The van der Waals surface area contributed by atoms with Crippen LogP contribution in [0.1, 0.15) is 65.2 Å². The Morgan fingerprint density at radius 1 is 1.11 bits per heavy atom. The minimum absolute atomic E-state index is 0.0268. The molecule has 4 rings (SSSR count). The summed E-state index contributed by atoms with van der Waals surface area (Å²) in [5, 5.41) is 5.15. The van der Waals surface area contributed by atoms with Crippen LogP contribution in [0.2, 0.25) is 0 Å². The molecule has 4 bridgehead atoms. The van der Waals surface area contributed by atoms with Gasteiger partial charge in [-0.05, 0) is 75.0 Å². The monoisotopic (exact) mass is 399 g/mol. The Morgan fingerprint density at radius 2 is 1.63 bits per heavy atom. The van der Waals surface area contributed by atoms with Gasteiger partial charge in [-0.2, -0.15) is 0 Å². The number of nitrogens with one attached hydrogen (secondary N) is 2. The highest BCUT2D eigenvalue weighted by Gasteiger charge is 2.53. The molecule has 4 fully saturated rings. The number of unbranched alkanes of at least 4 members (excludes halogenated alkanes) is 1. The summed E-state index contributed by atoms with van der Waals surface area (Å²) in [5.74, 6) is 2.33. The van der Waals surface area contributed by atoms with Crippen LogP contribution < -0.4 is 10.6 Å². The third-order valence-corrected chi connectivity index (χ3v) is 8.06. The molecule has 4 aliphatic carbocycles. The van der Waals surface area contributed by atoms with Crippen molar-refractivity contribution < 1.29 is 18.0 Å². The number of hydrogen-bond donors (Lipinski definition) is 2. The highest BCUT2D eigenvalue weighted by atomic mass is 32.2. The topological polar surface area (TPSA) is 95.6 Å². The van der Waals surface area contributed by atoms with E-state index in [1.807, 2.05) is 13.8 Å². The van der Waals surface area contributed by atoms with Gasteiger partial charge in [0.2, 0.25) is 10.0 Å². The molecular formula is C19H33N3O4S. The molecule has 0 aromatic heterocycles. The predicted octanol–water partition coefficient (Wildman–Crippen LogP) is 3.07. The van der Waals surface area contributed by atoms with Gasteiger partial charge in [-0.3, -0.25) is 5.32 Å². The number of urea groups is 2. The lowest BCUT2D eigenvalue weighted by atomic mass is 9.48. The maximum atomic E-state index is 12.4. The van der Waals surface area contributed by atoms with Crippen molar-refractivity contribution in [3.63, 3.8) is 0 Å². The first kappa shape index (κ1) is 20.4. The third-order valence-electron chi connectivity index (χ3n) is 6.91. The van der Waals surface area contributed by atoms with Crippen molar-refractivity contribution in [3.8, 4) is 0 Å². The SMILES string of the molecule is CCCCN(C(=O)NC(=O)N[C@H](C)C12CC3CC(CC(C3)C1)C2)S(C)(=O)=O. The zero-order valence-corrected chi connectivity index (χ0v) is 17.5. The fourth-order valence-electron chi connectivity index (χ4n) is 5.97. The molecule has 0 aromatic carbocycles. The van der Waals surface area contributed by atoms with Gasteiger partial charge in [0.25, 0.3) is 0 Å². The number of imide groups is 1. The van der Waals surface area contributed by atoms with E-state index < -0.39 is 22.1 Å². The van der Waals surface area contributed by atoms with Crippen LogP contribution in [0.15, 0.2) is 0 Å². The number of rotatable bonds is 6. The first-order valence-corrected chi connectivity index (χ1v) is 12.1. The van der Waals surface area contributed by atoms with Crippen molar-refractivity contribution in [1.29, 1.82) is 0 Å². The number of amides is 4. The van der Waals surface area contributed by atoms with Crippen molar-refractivity contribution in [2.75, 3.05) is 12.8 Å². The van der Waals surface area contributed by atoms with E-state index in [9.17, 15) is 18.0 Å². The number of hydrogen-bond acceptors (Lipinski definition) is 4. The quantitative estimate of drug-likeness (QED) is 0.717. The summed E-state index contributed by atoms with van der Waals surface area (Å²) in [5.41, 5.74) is 0.133. The maximum Gasteiger partial charge on any atom is 0.339 e. The highest BCUT2D eigenvalue weighted by Crippen LogP contribution is 2.61. The van der Waals surface area contributed by atoms with Crippen molar-refractivity contribution in [2.24, 2.45) is 23.2 Å². The summed E-state index contributed by atoms with van der Waals surface area (Å²) in [7, 11) is -3.71. The number of carbonyl (C=O) groups is 2. The van der Waals surface area contributed by atoms with Crippen LogP contribution >= 0.6 is 0 Å².